The Bertz CT molecular complexity index is 217. The summed E-state index contributed by atoms with van der Waals surface area (Å²) < 4.78 is 21.8. The predicted molar refractivity (Wildman–Crippen MR) is 40.9 cm³/mol. The lowest BCUT2D eigenvalue weighted by molar-refractivity contribution is -0.685. The molecule has 0 aromatic heterocycles. The van der Waals surface area contributed by atoms with E-state index in [0.29, 0.717) is 12.3 Å². The van der Waals surface area contributed by atoms with Crippen LogP contribution in [0.15, 0.2) is 0 Å². The van der Waals surface area contributed by atoms with E-state index >= 15 is 0 Å². The first kappa shape index (κ1) is 12.2. The number of hydrogen-bond acceptors (Lipinski definition) is 3. The van der Waals surface area contributed by atoms with E-state index in [1.807, 2.05) is 5.32 Å². The Morgan fingerprint density at radius 1 is 1.50 bits per heavy atom. The van der Waals surface area contributed by atoms with E-state index < -0.39 is 9.84 Å². The Labute approximate surface area is 78.7 Å². The molecule has 1 rings (SSSR count). The molecule has 0 spiro atoms. The second-order valence-corrected chi connectivity index (χ2v) is 5.14. The van der Waals surface area contributed by atoms with Crippen LogP contribution in [-0.4, -0.2) is 44.2 Å². The summed E-state index contributed by atoms with van der Waals surface area (Å²) in [5.41, 5.74) is 0. The predicted octanol–water partition coefficient (Wildman–Crippen LogP) is -5.27. The molecule has 0 saturated carbocycles. The minimum absolute atomic E-state index is 0. The number of sulfone groups is 1. The maximum atomic E-state index is 10.9. The van der Waals surface area contributed by atoms with Crippen molar-refractivity contribution in [2.45, 2.75) is 12.5 Å². The van der Waals surface area contributed by atoms with Crippen molar-refractivity contribution in [3.8, 4) is 0 Å². The van der Waals surface area contributed by atoms with Crippen LogP contribution in [0.4, 0.5) is 0 Å². The quantitative estimate of drug-likeness (QED) is 0.494. The van der Waals surface area contributed by atoms with Gasteiger partial charge in [0.2, 0.25) is 0 Å². The average Bonchev–Trinajstić information content (AvgIpc) is 2.26. The van der Waals surface area contributed by atoms with Gasteiger partial charge in [-0.1, -0.05) is 0 Å². The highest BCUT2D eigenvalue weighted by Crippen LogP contribution is 2.07. The molecule has 0 radical (unpaired) electrons. The van der Waals surface area contributed by atoms with E-state index in [0.717, 1.165) is 6.42 Å². The lowest BCUT2D eigenvalue weighted by atomic mass is 10.3. The molecule has 3 N–H and O–H groups in total. The highest BCUT2D eigenvalue weighted by Gasteiger charge is 2.29. The summed E-state index contributed by atoms with van der Waals surface area (Å²) in [7, 11) is -2.74. The van der Waals surface area contributed by atoms with Crippen molar-refractivity contribution < 1.29 is 31.2 Å². The second kappa shape index (κ2) is 5.01. The smallest absolute Gasteiger partial charge is 0.156 e. The van der Waals surface area contributed by atoms with Gasteiger partial charge in [0.25, 0.3) is 0 Å². The molecule has 1 aliphatic heterocycles. The standard InChI is InChI=1S/C6H13NO3S.ClH/c8-3-2-7-6-1-4-11(9,10)5-6;/h6-8H,1-5H2;1H. The molecule has 1 unspecified atom stereocenters. The minimum Gasteiger partial charge on any atom is -1.00 e. The number of aliphatic hydroxyl groups excluding tert-OH is 1. The molecule has 1 fully saturated rings. The van der Waals surface area contributed by atoms with Crippen molar-refractivity contribution in [2.24, 2.45) is 0 Å². The van der Waals surface area contributed by atoms with E-state index in [9.17, 15) is 8.42 Å². The zero-order valence-corrected chi connectivity index (χ0v) is 8.31. The van der Waals surface area contributed by atoms with Gasteiger partial charge in [-0.05, 0) is 0 Å². The fourth-order valence-corrected chi connectivity index (χ4v) is 3.10. The minimum atomic E-state index is -2.74. The third-order valence-electron chi connectivity index (χ3n) is 1.90. The van der Waals surface area contributed by atoms with Crippen LogP contribution < -0.4 is 17.7 Å². The summed E-state index contributed by atoms with van der Waals surface area (Å²) in [4.78, 5) is 0. The van der Waals surface area contributed by atoms with Crippen LogP contribution in [0.25, 0.3) is 0 Å². The van der Waals surface area contributed by atoms with Crippen LogP contribution in [0, 0.1) is 0 Å². The highest BCUT2D eigenvalue weighted by atomic mass is 35.5. The van der Waals surface area contributed by atoms with Crippen molar-refractivity contribution in [3.05, 3.63) is 0 Å². The molecule has 6 heteroatoms. The number of hydrogen-bond donors (Lipinski definition) is 2. The molecule has 4 nitrogen and oxygen atoms in total. The Morgan fingerprint density at radius 3 is 2.58 bits per heavy atom. The van der Waals surface area contributed by atoms with Crippen LogP contribution in [0.2, 0.25) is 0 Å². The summed E-state index contributed by atoms with van der Waals surface area (Å²) in [6.45, 7) is 0.733. The van der Waals surface area contributed by atoms with Crippen LogP contribution in [0.5, 0.6) is 0 Å². The number of nitrogens with two attached hydrogens (primary N) is 1. The van der Waals surface area contributed by atoms with E-state index in [-0.39, 0.29) is 30.8 Å². The molecule has 0 aliphatic carbocycles. The molecule has 0 aromatic rings. The van der Waals surface area contributed by atoms with Gasteiger partial charge < -0.3 is 22.8 Å². The molecule has 1 saturated heterocycles. The van der Waals surface area contributed by atoms with Gasteiger partial charge in [0.1, 0.15) is 11.8 Å². The first-order valence-electron chi connectivity index (χ1n) is 3.78. The maximum absolute atomic E-state index is 10.9. The summed E-state index contributed by atoms with van der Waals surface area (Å²) in [6.07, 6.45) is 0.738. The number of rotatable bonds is 3. The van der Waals surface area contributed by atoms with Crippen LogP contribution in [-0.2, 0) is 9.84 Å². The third kappa shape index (κ3) is 3.71. The van der Waals surface area contributed by atoms with Crippen molar-refractivity contribution in [1.82, 2.24) is 0 Å². The molecule has 1 heterocycles. The molecule has 0 amide bonds. The second-order valence-electron chi connectivity index (χ2n) is 2.91. The van der Waals surface area contributed by atoms with E-state index in [4.69, 9.17) is 5.11 Å². The molecule has 0 bridgehead atoms. The van der Waals surface area contributed by atoms with Gasteiger partial charge >= 0.3 is 0 Å². The molecule has 74 valence electrons. The molecule has 12 heavy (non-hydrogen) atoms. The largest absolute Gasteiger partial charge is 1.00 e. The monoisotopic (exact) mass is 215 g/mol. The Morgan fingerprint density at radius 2 is 2.17 bits per heavy atom. The summed E-state index contributed by atoms with van der Waals surface area (Å²) in [5.74, 6) is 0.604. The first-order valence-corrected chi connectivity index (χ1v) is 5.61. The number of halogens is 1. The van der Waals surface area contributed by atoms with Gasteiger partial charge in [-0.3, -0.25) is 0 Å². The maximum Gasteiger partial charge on any atom is 0.156 e. The van der Waals surface area contributed by atoms with Gasteiger partial charge in [0.05, 0.1) is 18.9 Å². The summed E-state index contributed by atoms with van der Waals surface area (Å²) >= 11 is 0. The average molecular weight is 216 g/mol. The van der Waals surface area contributed by atoms with Crippen LogP contribution in [0.3, 0.4) is 0 Å². The first-order chi connectivity index (χ1) is 5.14. The normalized spacial score (nSPS) is 26.6. The fraction of sp³-hybridized carbons (Fsp3) is 1.00. The molecule has 0 aromatic carbocycles. The van der Waals surface area contributed by atoms with E-state index in [2.05, 4.69) is 0 Å². The lowest BCUT2D eigenvalue weighted by Gasteiger charge is -2.03. The summed E-state index contributed by atoms with van der Waals surface area (Å²) in [5, 5.41) is 10.4. The zero-order chi connectivity index (χ0) is 8.32. The molecular weight excluding hydrogens is 202 g/mol. The molecular formula is C6H14ClNO3S. The molecule has 1 aliphatic rings. The zero-order valence-electron chi connectivity index (χ0n) is 6.74. The Kier molecular flexibility index (Phi) is 5.08. The number of aliphatic hydroxyl groups is 1. The van der Waals surface area contributed by atoms with E-state index in [1.165, 1.54) is 0 Å². The summed E-state index contributed by atoms with van der Waals surface area (Å²) in [6, 6.07) is 0.187. The topological polar surface area (TPSA) is 71.0 Å². The molecule has 1 atom stereocenters. The van der Waals surface area contributed by atoms with E-state index in [1.54, 1.807) is 0 Å². The lowest BCUT2D eigenvalue weighted by Crippen LogP contribution is -3.00. The van der Waals surface area contributed by atoms with Crippen molar-refractivity contribution in [1.29, 1.82) is 0 Å². The van der Waals surface area contributed by atoms with Crippen molar-refractivity contribution in [2.75, 3.05) is 24.7 Å². The van der Waals surface area contributed by atoms with Gasteiger partial charge in [-0.25, -0.2) is 8.42 Å². The van der Waals surface area contributed by atoms with Gasteiger partial charge in [-0.15, -0.1) is 0 Å². The van der Waals surface area contributed by atoms with Crippen molar-refractivity contribution >= 4 is 9.84 Å². The highest BCUT2D eigenvalue weighted by molar-refractivity contribution is 7.91. The Balaban J connectivity index is 0.00000121. The Hall–Kier alpha value is 0.160. The van der Waals surface area contributed by atoms with Gasteiger partial charge in [0.15, 0.2) is 9.84 Å². The van der Waals surface area contributed by atoms with Gasteiger partial charge in [0, 0.05) is 6.42 Å². The third-order valence-corrected chi connectivity index (χ3v) is 3.69. The number of quaternary nitrogens is 1. The SMILES string of the molecule is O=S1(=O)CCC([NH2+]CCO)C1.[Cl-]. The fourth-order valence-electron chi connectivity index (χ4n) is 1.32. The van der Waals surface area contributed by atoms with Crippen molar-refractivity contribution in [3.63, 3.8) is 0 Å². The van der Waals surface area contributed by atoms with Crippen LogP contribution in [0.1, 0.15) is 6.42 Å². The van der Waals surface area contributed by atoms with Gasteiger partial charge in [-0.2, -0.15) is 0 Å². The van der Waals surface area contributed by atoms with Crippen LogP contribution >= 0.6 is 0 Å².